The summed E-state index contributed by atoms with van der Waals surface area (Å²) in [5.41, 5.74) is 2.01. The summed E-state index contributed by atoms with van der Waals surface area (Å²) in [5.74, 6) is 0.307. The van der Waals surface area contributed by atoms with Crippen molar-refractivity contribution in [1.82, 2.24) is 14.8 Å². The van der Waals surface area contributed by atoms with E-state index in [9.17, 15) is 4.79 Å². The Hall–Kier alpha value is -1.85. The summed E-state index contributed by atoms with van der Waals surface area (Å²) >= 11 is 0. The van der Waals surface area contributed by atoms with Gasteiger partial charge in [-0.3, -0.25) is 4.79 Å². The summed E-state index contributed by atoms with van der Waals surface area (Å²) in [7, 11) is 0. The third kappa shape index (κ3) is 2.52. The van der Waals surface area contributed by atoms with Crippen LogP contribution in [0.3, 0.4) is 0 Å². The second-order valence-corrected chi connectivity index (χ2v) is 6.97. The third-order valence-electron chi connectivity index (χ3n) is 5.40. The number of hydrogen-bond donors (Lipinski definition) is 2. The monoisotopic (exact) mass is 327 g/mol. The Bertz CT molecular complexity index is 742. The number of amides is 1. The summed E-state index contributed by atoms with van der Waals surface area (Å²) in [4.78, 5) is 15.1. The molecule has 1 saturated carbocycles. The molecule has 2 aliphatic rings. The molecule has 1 saturated heterocycles. The molecule has 4 rings (SSSR count). The molecule has 5 nitrogen and oxygen atoms in total. The Morgan fingerprint density at radius 3 is 2.71 bits per heavy atom. The topological polar surface area (TPSA) is 57.5 Å². The Morgan fingerprint density at radius 2 is 2.00 bits per heavy atom. The number of rotatable bonds is 6. The lowest BCUT2D eigenvalue weighted by Crippen LogP contribution is -2.40. The molecule has 2 aromatic rings. The molecule has 5 heteroatoms. The molecule has 0 unspecified atom stereocenters. The van der Waals surface area contributed by atoms with Gasteiger partial charge in [-0.15, -0.1) is 0 Å². The maximum atomic E-state index is 13.0. The molecule has 1 aromatic heterocycles. The fourth-order valence-corrected chi connectivity index (χ4v) is 3.95. The molecule has 1 aliphatic heterocycles. The zero-order valence-corrected chi connectivity index (χ0v) is 14.0. The number of benzene rings is 1. The zero-order valence-electron chi connectivity index (χ0n) is 14.0. The molecule has 0 spiro atoms. The number of aliphatic hydroxyl groups is 1. The molecule has 0 atom stereocenters. The van der Waals surface area contributed by atoms with E-state index in [2.05, 4.69) is 40.3 Å². The van der Waals surface area contributed by atoms with Crippen LogP contribution < -0.4 is 5.32 Å². The van der Waals surface area contributed by atoms with Gasteiger partial charge < -0.3 is 19.9 Å². The first-order chi connectivity index (χ1) is 11.8. The first kappa shape index (κ1) is 15.7. The minimum atomic E-state index is -0.344. The van der Waals surface area contributed by atoms with Crippen LogP contribution in [0.15, 0.2) is 30.5 Å². The molecule has 128 valence electrons. The van der Waals surface area contributed by atoms with Crippen LogP contribution in [0.4, 0.5) is 0 Å². The molecule has 2 N–H and O–H groups in total. The minimum absolute atomic E-state index is 0.143. The highest BCUT2D eigenvalue weighted by Crippen LogP contribution is 2.47. The predicted molar refractivity (Wildman–Crippen MR) is 93.8 cm³/mol. The predicted octanol–water partition coefficient (Wildman–Crippen LogP) is 1.83. The van der Waals surface area contributed by atoms with E-state index < -0.39 is 0 Å². The minimum Gasteiger partial charge on any atom is -0.395 e. The standard InChI is InChI=1S/C19H25N3O2/c23-13-9-20-14-15-4-3-5-17-16(15)6-12-22(17)19(7-8-19)18(24)21-10-1-2-11-21/h3-6,12,20,23H,1-2,7-11,13-14H2. The molecule has 1 aliphatic carbocycles. The lowest BCUT2D eigenvalue weighted by molar-refractivity contribution is -0.135. The van der Waals surface area contributed by atoms with Crippen molar-refractivity contribution in [2.45, 2.75) is 37.8 Å². The van der Waals surface area contributed by atoms with Crippen LogP contribution in [0, 0.1) is 0 Å². The van der Waals surface area contributed by atoms with E-state index in [0.29, 0.717) is 12.5 Å². The van der Waals surface area contributed by atoms with Crippen LogP contribution >= 0.6 is 0 Å². The first-order valence-electron chi connectivity index (χ1n) is 8.97. The largest absolute Gasteiger partial charge is 0.395 e. The van der Waals surface area contributed by atoms with Crippen molar-refractivity contribution < 1.29 is 9.90 Å². The maximum Gasteiger partial charge on any atom is 0.248 e. The summed E-state index contributed by atoms with van der Waals surface area (Å²) in [6.45, 7) is 3.29. The highest BCUT2D eigenvalue weighted by Gasteiger charge is 2.54. The molecule has 2 heterocycles. The maximum absolute atomic E-state index is 13.0. The van der Waals surface area contributed by atoms with E-state index in [1.54, 1.807) is 0 Å². The second kappa shape index (κ2) is 6.22. The van der Waals surface area contributed by atoms with Gasteiger partial charge in [-0.05, 0) is 43.4 Å². The van der Waals surface area contributed by atoms with Gasteiger partial charge in [0.15, 0.2) is 0 Å². The van der Waals surface area contributed by atoms with Gasteiger partial charge >= 0.3 is 0 Å². The van der Waals surface area contributed by atoms with Gasteiger partial charge in [-0.1, -0.05) is 12.1 Å². The van der Waals surface area contributed by atoms with Crippen molar-refractivity contribution in [1.29, 1.82) is 0 Å². The van der Waals surface area contributed by atoms with Gasteiger partial charge in [-0.2, -0.15) is 0 Å². The fourth-order valence-electron chi connectivity index (χ4n) is 3.95. The van der Waals surface area contributed by atoms with Crippen molar-refractivity contribution in [3.63, 3.8) is 0 Å². The Kier molecular flexibility index (Phi) is 4.06. The van der Waals surface area contributed by atoms with E-state index in [0.717, 1.165) is 50.8 Å². The highest BCUT2D eigenvalue weighted by molar-refractivity contribution is 5.92. The van der Waals surface area contributed by atoms with Gasteiger partial charge in [-0.25, -0.2) is 0 Å². The Labute approximate surface area is 142 Å². The lowest BCUT2D eigenvalue weighted by atomic mass is 10.1. The average Bonchev–Trinajstić information content (AvgIpc) is 3.03. The van der Waals surface area contributed by atoms with E-state index in [1.807, 2.05) is 4.90 Å². The van der Waals surface area contributed by atoms with Crippen molar-refractivity contribution in [3.8, 4) is 0 Å². The van der Waals surface area contributed by atoms with E-state index >= 15 is 0 Å². The van der Waals surface area contributed by atoms with Crippen molar-refractivity contribution in [3.05, 3.63) is 36.0 Å². The van der Waals surface area contributed by atoms with E-state index in [-0.39, 0.29) is 12.1 Å². The summed E-state index contributed by atoms with van der Waals surface area (Å²) < 4.78 is 2.21. The van der Waals surface area contributed by atoms with E-state index in [4.69, 9.17) is 5.11 Å². The molecule has 1 aromatic carbocycles. The van der Waals surface area contributed by atoms with Crippen LogP contribution in [0.2, 0.25) is 0 Å². The first-order valence-corrected chi connectivity index (χ1v) is 8.97. The van der Waals surface area contributed by atoms with Crippen molar-refractivity contribution in [2.75, 3.05) is 26.2 Å². The SMILES string of the molecule is O=C(N1CCCC1)C1(n2ccc3c(CNCCO)cccc32)CC1. The number of carbonyl (C=O) groups is 1. The molecule has 2 fully saturated rings. The molecule has 0 bridgehead atoms. The normalized spacial score (nSPS) is 19.1. The van der Waals surface area contributed by atoms with Crippen LogP contribution in [0.25, 0.3) is 10.9 Å². The number of nitrogens with zero attached hydrogens (tertiary/aromatic N) is 2. The lowest BCUT2D eigenvalue weighted by Gasteiger charge is -2.25. The molecule has 1 amide bonds. The Balaban J connectivity index is 1.65. The van der Waals surface area contributed by atoms with Gasteiger partial charge in [0.2, 0.25) is 5.91 Å². The number of aromatic nitrogens is 1. The smallest absolute Gasteiger partial charge is 0.248 e. The highest BCUT2D eigenvalue weighted by atomic mass is 16.3. The molecule has 24 heavy (non-hydrogen) atoms. The summed E-state index contributed by atoms with van der Waals surface area (Å²) in [5, 5.41) is 13.4. The summed E-state index contributed by atoms with van der Waals surface area (Å²) in [6, 6.07) is 8.41. The average molecular weight is 327 g/mol. The van der Waals surface area contributed by atoms with Crippen LogP contribution in [-0.4, -0.2) is 46.7 Å². The number of fused-ring (bicyclic) bond motifs is 1. The third-order valence-corrected chi connectivity index (χ3v) is 5.40. The molecular formula is C19H25N3O2. The van der Waals surface area contributed by atoms with Gasteiger partial charge in [0.1, 0.15) is 5.54 Å². The van der Waals surface area contributed by atoms with Gasteiger partial charge in [0.05, 0.1) is 6.61 Å². The number of hydrogen-bond acceptors (Lipinski definition) is 3. The van der Waals surface area contributed by atoms with Crippen LogP contribution in [-0.2, 0) is 16.9 Å². The number of carbonyl (C=O) groups excluding carboxylic acids is 1. The van der Waals surface area contributed by atoms with Gasteiger partial charge in [0.25, 0.3) is 0 Å². The quantitative estimate of drug-likeness (QED) is 0.796. The second-order valence-electron chi connectivity index (χ2n) is 6.97. The van der Waals surface area contributed by atoms with E-state index in [1.165, 1.54) is 10.9 Å². The van der Waals surface area contributed by atoms with Crippen molar-refractivity contribution >= 4 is 16.8 Å². The number of aliphatic hydroxyl groups excluding tert-OH is 1. The molecular weight excluding hydrogens is 302 g/mol. The fraction of sp³-hybridized carbons (Fsp3) is 0.526. The molecule has 0 radical (unpaired) electrons. The van der Waals surface area contributed by atoms with Crippen molar-refractivity contribution in [2.24, 2.45) is 0 Å². The number of likely N-dealkylation sites (tertiary alicyclic amines) is 1. The van der Waals surface area contributed by atoms with Crippen LogP contribution in [0.5, 0.6) is 0 Å². The zero-order chi connectivity index (χ0) is 16.6. The van der Waals surface area contributed by atoms with Gasteiger partial charge in [0, 0.05) is 43.3 Å². The number of nitrogens with one attached hydrogen (secondary N) is 1. The summed E-state index contributed by atoms with van der Waals surface area (Å²) in [6.07, 6.45) is 6.24. The Morgan fingerprint density at radius 1 is 1.21 bits per heavy atom. The van der Waals surface area contributed by atoms with Crippen LogP contribution in [0.1, 0.15) is 31.2 Å².